The molecular weight excluding hydrogens is 176 g/mol. The third-order valence-electron chi connectivity index (χ3n) is 3.45. The molecule has 0 spiro atoms. The van der Waals surface area contributed by atoms with Gasteiger partial charge in [0.25, 0.3) is 0 Å². The molecule has 0 aromatic carbocycles. The Morgan fingerprint density at radius 2 is 1.71 bits per heavy atom. The molecule has 0 N–H and O–H groups in total. The molecule has 14 heavy (non-hydrogen) atoms. The lowest BCUT2D eigenvalue weighted by Gasteiger charge is -2.35. The van der Waals surface area contributed by atoms with Crippen LogP contribution in [0, 0.1) is 5.92 Å². The van der Waals surface area contributed by atoms with Crippen LogP contribution in [0.5, 0.6) is 0 Å². The molecule has 3 nitrogen and oxygen atoms in total. The topological polar surface area (TPSA) is 15.7 Å². The Morgan fingerprint density at radius 3 is 2.36 bits per heavy atom. The predicted molar refractivity (Wildman–Crippen MR) is 57.5 cm³/mol. The van der Waals surface area contributed by atoms with Gasteiger partial charge in [0.2, 0.25) is 0 Å². The zero-order valence-electron chi connectivity index (χ0n) is 9.24. The summed E-state index contributed by atoms with van der Waals surface area (Å²) in [7, 11) is 2.21. The molecule has 2 fully saturated rings. The molecule has 0 aliphatic carbocycles. The van der Waals surface area contributed by atoms with Crippen molar-refractivity contribution in [2.45, 2.75) is 12.8 Å². The lowest BCUT2D eigenvalue weighted by molar-refractivity contribution is 0.0446. The zero-order chi connectivity index (χ0) is 9.80. The van der Waals surface area contributed by atoms with Crippen molar-refractivity contribution in [3.05, 3.63) is 0 Å². The molecule has 2 saturated heterocycles. The van der Waals surface area contributed by atoms with Crippen LogP contribution in [0.15, 0.2) is 0 Å². The van der Waals surface area contributed by atoms with Crippen LogP contribution in [0.4, 0.5) is 0 Å². The van der Waals surface area contributed by atoms with Crippen LogP contribution in [-0.4, -0.2) is 62.8 Å². The maximum atomic E-state index is 5.38. The highest BCUT2D eigenvalue weighted by atomic mass is 16.5. The maximum absolute atomic E-state index is 5.38. The second kappa shape index (κ2) is 5.10. The lowest BCUT2D eigenvalue weighted by Crippen LogP contribution is -2.46. The average molecular weight is 198 g/mol. The number of rotatable bonds is 2. The first-order valence-electron chi connectivity index (χ1n) is 5.83. The molecule has 0 saturated carbocycles. The summed E-state index contributed by atoms with van der Waals surface area (Å²) in [5, 5.41) is 0. The van der Waals surface area contributed by atoms with E-state index in [-0.39, 0.29) is 0 Å². The van der Waals surface area contributed by atoms with Gasteiger partial charge in [0.05, 0.1) is 0 Å². The summed E-state index contributed by atoms with van der Waals surface area (Å²) in [5.41, 5.74) is 0. The van der Waals surface area contributed by atoms with E-state index in [1.54, 1.807) is 0 Å². The summed E-state index contributed by atoms with van der Waals surface area (Å²) in [6, 6.07) is 0. The van der Waals surface area contributed by atoms with Gasteiger partial charge in [-0.05, 0) is 25.8 Å². The van der Waals surface area contributed by atoms with Crippen molar-refractivity contribution < 1.29 is 4.74 Å². The van der Waals surface area contributed by atoms with E-state index in [0.29, 0.717) is 0 Å². The minimum absolute atomic E-state index is 0.896. The number of ether oxygens (including phenoxy) is 1. The number of nitrogens with zero attached hydrogens (tertiary/aromatic N) is 2. The van der Waals surface area contributed by atoms with Crippen molar-refractivity contribution in [3.63, 3.8) is 0 Å². The van der Waals surface area contributed by atoms with Gasteiger partial charge in [0, 0.05) is 45.9 Å². The van der Waals surface area contributed by atoms with Crippen molar-refractivity contribution in [2.75, 3.05) is 53.0 Å². The van der Waals surface area contributed by atoms with Gasteiger partial charge in [-0.15, -0.1) is 0 Å². The second-order valence-corrected chi connectivity index (χ2v) is 4.66. The molecule has 3 heteroatoms. The zero-order valence-corrected chi connectivity index (χ0v) is 9.24. The van der Waals surface area contributed by atoms with E-state index >= 15 is 0 Å². The number of likely N-dealkylation sites (N-methyl/N-ethyl adjacent to an activating group) is 1. The van der Waals surface area contributed by atoms with E-state index in [2.05, 4.69) is 16.8 Å². The van der Waals surface area contributed by atoms with Crippen molar-refractivity contribution >= 4 is 0 Å². The standard InChI is InChI=1S/C11H22N2O/c1-12-4-6-13(7-5-12)10-11-2-8-14-9-3-11/h11H,2-10H2,1H3. The Kier molecular flexibility index (Phi) is 3.79. The Morgan fingerprint density at radius 1 is 1.07 bits per heavy atom. The van der Waals surface area contributed by atoms with Gasteiger partial charge in [0.1, 0.15) is 0 Å². The first-order chi connectivity index (χ1) is 6.84. The van der Waals surface area contributed by atoms with Crippen molar-refractivity contribution in [2.24, 2.45) is 5.92 Å². The monoisotopic (exact) mass is 198 g/mol. The van der Waals surface area contributed by atoms with Gasteiger partial charge in [0.15, 0.2) is 0 Å². The summed E-state index contributed by atoms with van der Waals surface area (Å²) in [5.74, 6) is 0.896. The van der Waals surface area contributed by atoms with Crippen molar-refractivity contribution in [3.8, 4) is 0 Å². The lowest BCUT2D eigenvalue weighted by atomic mass is 9.99. The summed E-state index contributed by atoms with van der Waals surface area (Å²) in [4.78, 5) is 5.04. The van der Waals surface area contributed by atoms with Gasteiger partial charge in [-0.2, -0.15) is 0 Å². The van der Waals surface area contributed by atoms with Crippen LogP contribution in [0.3, 0.4) is 0 Å². The second-order valence-electron chi connectivity index (χ2n) is 4.66. The first-order valence-corrected chi connectivity index (χ1v) is 5.83. The molecule has 0 bridgehead atoms. The molecule has 2 aliphatic heterocycles. The molecule has 0 aromatic rings. The molecular formula is C11H22N2O. The van der Waals surface area contributed by atoms with Gasteiger partial charge in [-0.25, -0.2) is 0 Å². The molecule has 0 radical (unpaired) electrons. The van der Waals surface area contributed by atoms with Crippen LogP contribution < -0.4 is 0 Å². The molecule has 2 rings (SSSR count). The van der Waals surface area contributed by atoms with Crippen molar-refractivity contribution in [1.29, 1.82) is 0 Å². The minimum Gasteiger partial charge on any atom is -0.381 e. The fourth-order valence-corrected chi connectivity index (χ4v) is 2.32. The highest BCUT2D eigenvalue weighted by molar-refractivity contribution is 4.74. The SMILES string of the molecule is CN1CCN(CC2CCOCC2)CC1. The quantitative estimate of drug-likeness (QED) is 0.648. The van der Waals surface area contributed by atoms with Gasteiger partial charge < -0.3 is 14.5 Å². The molecule has 0 atom stereocenters. The number of hydrogen-bond donors (Lipinski definition) is 0. The van der Waals surface area contributed by atoms with E-state index in [9.17, 15) is 0 Å². The normalized spacial score (nSPS) is 28.1. The predicted octanol–water partition coefficient (Wildman–Crippen LogP) is 0.660. The molecule has 82 valence electrons. The first kappa shape index (κ1) is 10.4. The number of hydrogen-bond acceptors (Lipinski definition) is 3. The van der Waals surface area contributed by atoms with Crippen LogP contribution in [0.2, 0.25) is 0 Å². The smallest absolute Gasteiger partial charge is 0.0469 e. The van der Waals surface area contributed by atoms with E-state index in [1.807, 2.05) is 0 Å². The number of piperazine rings is 1. The fourth-order valence-electron chi connectivity index (χ4n) is 2.32. The minimum atomic E-state index is 0.896. The Labute approximate surface area is 87.0 Å². The van der Waals surface area contributed by atoms with Gasteiger partial charge in [-0.3, -0.25) is 0 Å². The molecule has 2 heterocycles. The van der Waals surface area contributed by atoms with E-state index in [1.165, 1.54) is 45.6 Å². The molecule has 0 unspecified atom stereocenters. The summed E-state index contributed by atoms with van der Waals surface area (Å²) >= 11 is 0. The highest BCUT2D eigenvalue weighted by Crippen LogP contribution is 2.16. The van der Waals surface area contributed by atoms with E-state index < -0.39 is 0 Å². The maximum Gasteiger partial charge on any atom is 0.0469 e. The third-order valence-corrected chi connectivity index (χ3v) is 3.45. The van der Waals surface area contributed by atoms with E-state index in [4.69, 9.17) is 4.74 Å². The largest absolute Gasteiger partial charge is 0.381 e. The average Bonchev–Trinajstić information content (AvgIpc) is 2.23. The molecule has 0 aromatic heterocycles. The Bertz CT molecular complexity index is 161. The summed E-state index contributed by atoms with van der Waals surface area (Å²) < 4.78 is 5.38. The molecule has 0 amide bonds. The summed E-state index contributed by atoms with van der Waals surface area (Å²) in [6.45, 7) is 8.27. The Balaban J connectivity index is 1.68. The fraction of sp³-hybridized carbons (Fsp3) is 1.00. The van der Waals surface area contributed by atoms with Crippen molar-refractivity contribution in [1.82, 2.24) is 9.80 Å². The van der Waals surface area contributed by atoms with Crippen LogP contribution in [0.25, 0.3) is 0 Å². The van der Waals surface area contributed by atoms with Crippen LogP contribution in [0.1, 0.15) is 12.8 Å². The third kappa shape index (κ3) is 2.94. The van der Waals surface area contributed by atoms with Crippen LogP contribution in [-0.2, 0) is 4.74 Å². The van der Waals surface area contributed by atoms with E-state index in [0.717, 1.165) is 19.1 Å². The van der Waals surface area contributed by atoms with Gasteiger partial charge >= 0.3 is 0 Å². The molecule has 2 aliphatic rings. The van der Waals surface area contributed by atoms with Crippen LogP contribution >= 0.6 is 0 Å². The Hall–Kier alpha value is -0.120. The highest BCUT2D eigenvalue weighted by Gasteiger charge is 2.19. The summed E-state index contributed by atoms with van der Waals surface area (Å²) in [6.07, 6.45) is 2.54. The van der Waals surface area contributed by atoms with Gasteiger partial charge in [-0.1, -0.05) is 0 Å².